The van der Waals surface area contributed by atoms with Gasteiger partial charge in [-0.25, -0.2) is 4.79 Å². The summed E-state index contributed by atoms with van der Waals surface area (Å²) in [5.74, 6) is -0.540. The lowest BCUT2D eigenvalue weighted by Crippen LogP contribution is -2.36. The average molecular weight is 217 g/mol. The number of carbonyl (C=O) groups is 1. The van der Waals surface area contributed by atoms with Gasteiger partial charge in [0.05, 0.1) is 13.2 Å². The normalized spacial score (nSPS) is 17.7. The number of carbonyl (C=O) groups excluding carboxylic acids is 1. The molecule has 1 heterocycles. The first-order chi connectivity index (χ1) is 7.33. The minimum atomic E-state index is -0.540. The van der Waals surface area contributed by atoms with Crippen LogP contribution in [0.5, 0.6) is 0 Å². The van der Waals surface area contributed by atoms with E-state index in [1.54, 1.807) is 0 Å². The molecule has 1 saturated heterocycles. The minimum Gasteiger partial charge on any atom is -0.379 e. The highest BCUT2D eigenvalue weighted by Crippen LogP contribution is 2.04. The van der Waals surface area contributed by atoms with Crippen LogP contribution in [0.25, 0.3) is 0 Å². The number of morpholine rings is 1. The molecule has 0 atom stereocenters. The van der Waals surface area contributed by atoms with E-state index in [4.69, 9.17) is 9.99 Å². The Hall–Kier alpha value is -0.650. The van der Waals surface area contributed by atoms with Gasteiger partial charge in [0.1, 0.15) is 0 Å². The summed E-state index contributed by atoms with van der Waals surface area (Å²) in [7, 11) is 0. The van der Waals surface area contributed by atoms with Crippen molar-refractivity contribution in [2.75, 3.05) is 32.8 Å². The first-order valence-electron chi connectivity index (χ1n) is 5.47. The molecule has 0 radical (unpaired) electrons. The highest BCUT2D eigenvalue weighted by molar-refractivity contribution is 5.68. The molecule has 1 N–H and O–H groups in total. The Kier molecular flexibility index (Phi) is 6.31. The molecule has 1 rings (SSSR count). The standard InChI is InChI=1S/C10H19NO4/c12-10(15-13)4-2-1-3-5-11-6-8-14-9-7-11/h13H,1-9H2. The molecule has 0 spiro atoms. The lowest BCUT2D eigenvalue weighted by atomic mass is 10.2. The number of unbranched alkanes of at least 4 members (excludes halogenated alkanes) is 2. The summed E-state index contributed by atoms with van der Waals surface area (Å²) in [6.45, 7) is 4.75. The summed E-state index contributed by atoms with van der Waals surface area (Å²) in [6.07, 6.45) is 3.16. The van der Waals surface area contributed by atoms with Crippen LogP contribution >= 0.6 is 0 Å². The molecule has 0 saturated carbocycles. The zero-order chi connectivity index (χ0) is 10.9. The molecule has 0 aliphatic carbocycles. The molecule has 0 aromatic rings. The van der Waals surface area contributed by atoms with Crippen LogP contribution in [0.3, 0.4) is 0 Å². The largest absolute Gasteiger partial charge is 0.379 e. The molecular formula is C10H19NO4. The second-order valence-corrected chi connectivity index (χ2v) is 3.73. The van der Waals surface area contributed by atoms with Gasteiger partial charge in [0.2, 0.25) is 0 Å². The van der Waals surface area contributed by atoms with E-state index in [-0.39, 0.29) is 0 Å². The predicted octanol–water partition coefficient (Wildman–Crippen LogP) is 0.895. The van der Waals surface area contributed by atoms with Gasteiger partial charge in [-0.3, -0.25) is 4.90 Å². The van der Waals surface area contributed by atoms with Gasteiger partial charge in [0.25, 0.3) is 0 Å². The highest BCUT2D eigenvalue weighted by atomic mass is 17.1. The zero-order valence-electron chi connectivity index (χ0n) is 8.98. The van der Waals surface area contributed by atoms with E-state index in [0.717, 1.165) is 52.1 Å². The monoisotopic (exact) mass is 217 g/mol. The summed E-state index contributed by atoms with van der Waals surface area (Å²) in [6, 6.07) is 0. The van der Waals surface area contributed by atoms with Crippen molar-refractivity contribution in [3.8, 4) is 0 Å². The van der Waals surface area contributed by atoms with Crippen molar-refractivity contribution in [3.63, 3.8) is 0 Å². The van der Waals surface area contributed by atoms with Gasteiger partial charge in [-0.15, -0.1) is 0 Å². The molecule has 1 fully saturated rings. The SMILES string of the molecule is O=C(CCCCCN1CCOCC1)OO. The summed E-state index contributed by atoms with van der Waals surface area (Å²) in [4.78, 5) is 16.5. The van der Waals surface area contributed by atoms with Crippen molar-refractivity contribution < 1.29 is 19.7 Å². The average Bonchev–Trinajstić information content (AvgIpc) is 2.29. The van der Waals surface area contributed by atoms with E-state index in [1.165, 1.54) is 0 Å². The third-order valence-corrected chi connectivity index (χ3v) is 2.56. The van der Waals surface area contributed by atoms with Crippen molar-refractivity contribution in [1.82, 2.24) is 4.90 Å². The Morgan fingerprint density at radius 1 is 1.27 bits per heavy atom. The fourth-order valence-corrected chi connectivity index (χ4v) is 1.65. The Labute approximate surface area is 89.9 Å². The van der Waals surface area contributed by atoms with Gasteiger partial charge in [0.15, 0.2) is 0 Å². The molecule has 1 aliphatic heterocycles. The van der Waals surface area contributed by atoms with Gasteiger partial charge in [-0.2, -0.15) is 5.26 Å². The third kappa shape index (κ3) is 5.71. The molecule has 5 nitrogen and oxygen atoms in total. The molecule has 0 aromatic carbocycles. The quantitative estimate of drug-likeness (QED) is 0.407. The number of hydrogen-bond acceptors (Lipinski definition) is 5. The second kappa shape index (κ2) is 7.62. The molecule has 1 aliphatic rings. The molecule has 0 amide bonds. The molecule has 88 valence electrons. The Morgan fingerprint density at radius 2 is 2.00 bits per heavy atom. The summed E-state index contributed by atoms with van der Waals surface area (Å²) in [5.41, 5.74) is 0. The van der Waals surface area contributed by atoms with E-state index >= 15 is 0 Å². The Balaban J connectivity index is 1.89. The van der Waals surface area contributed by atoms with E-state index in [2.05, 4.69) is 9.79 Å². The number of hydrogen-bond donors (Lipinski definition) is 1. The van der Waals surface area contributed by atoms with E-state index in [9.17, 15) is 4.79 Å². The van der Waals surface area contributed by atoms with E-state index in [0.29, 0.717) is 6.42 Å². The molecule has 15 heavy (non-hydrogen) atoms. The van der Waals surface area contributed by atoms with Crippen LogP contribution in [0.4, 0.5) is 0 Å². The Morgan fingerprint density at radius 3 is 2.67 bits per heavy atom. The van der Waals surface area contributed by atoms with Gasteiger partial charge in [-0.05, 0) is 19.4 Å². The first kappa shape index (κ1) is 12.4. The predicted molar refractivity (Wildman–Crippen MR) is 54.4 cm³/mol. The zero-order valence-corrected chi connectivity index (χ0v) is 8.98. The molecule has 0 unspecified atom stereocenters. The van der Waals surface area contributed by atoms with E-state index < -0.39 is 5.97 Å². The van der Waals surface area contributed by atoms with Crippen LogP contribution in [0, 0.1) is 0 Å². The lowest BCUT2D eigenvalue weighted by Gasteiger charge is -2.26. The van der Waals surface area contributed by atoms with Crippen molar-refractivity contribution in [3.05, 3.63) is 0 Å². The summed E-state index contributed by atoms with van der Waals surface area (Å²) in [5, 5.41) is 8.02. The van der Waals surface area contributed by atoms with Crippen molar-refractivity contribution in [2.24, 2.45) is 0 Å². The van der Waals surface area contributed by atoms with Crippen LogP contribution in [0.15, 0.2) is 0 Å². The van der Waals surface area contributed by atoms with Gasteiger partial charge < -0.3 is 9.62 Å². The maximum absolute atomic E-state index is 10.6. The lowest BCUT2D eigenvalue weighted by molar-refractivity contribution is -0.234. The van der Waals surface area contributed by atoms with Crippen molar-refractivity contribution >= 4 is 5.97 Å². The number of rotatable bonds is 6. The molecule has 5 heteroatoms. The van der Waals surface area contributed by atoms with Crippen LogP contribution in [0.2, 0.25) is 0 Å². The van der Waals surface area contributed by atoms with Gasteiger partial charge in [-0.1, -0.05) is 6.42 Å². The Bertz CT molecular complexity index is 180. The molecular weight excluding hydrogens is 198 g/mol. The van der Waals surface area contributed by atoms with Crippen molar-refractivity contribution in [1.29, 1.82) is 0 Å². The number of ether oxygens (including phenoxy) is 1. The molecule has 0 bridgehead atoms. The fourth-order valence-electron chi connectivity index (χ4n) is 1.65. The summed E-state index contributed by atoms with van der Waals surface area (Å²) < 4.78 is 5.24. The topological polar surface area (TPSA) is 59.0 Å². The van der Waals surface area contributed by atoms with Gasteiger partial charge in [0, 0.05) is 19.5 Å². The summed E-state index contributed by atoms with van der Waals surface area (Å²) >= 11 is 0. The maximum Gasteiger partial charge on any atom is 0.342 e. The fraction of sp³-hybridized carbons (Fsp3) is 0.900. The van der Waals surface area contributed by atoms with Crippen LogP contribution in [-0.2, 0) is 14.4 Å². The molecule has 0 aromatic heterocycles. The van der Waals surface area contributed by atoms with Crippen molar-refractivity contribution in [2.45, 2.75) is 25.7 Å². The third-order valence-electron chi connectivity index (χ3n) is 2.56. The van der Waals surface area contributed by atoms with E-state index in [1.807, 2.05) is 0 Å². The maximum atomic E-state index is 10.6. The first-order valence-corrected chi connectivity index (χ1v) is 5.47. The van der Waals surface area contributed by atoms with Crippen LogP contribution < -0.4 is 0 Å². The highest BCUT2D eigenvalue weighted by Gasteiger charge is 2.09. The number of nitrogens with zero attached hydrogens (tertiary/aromatic N) is 1. The second-order valence-electron chi connectivity index (χ2n) is 3.73. The smallest absolute Gasteiger partial charge is 0.342 e. The minimum absolute atomic E-state index is 0.305. The van der Waals surface area contributed by atoms with Crippen LogP contribution in [-0.4, -0.2) is 49.0 Å². The van der Waals surface area contributed by atoms with Gasteiger partial charge >= 0.3 is 5.97 Å². The van der Waals surface area contributed by atoms with Crippen LogP contribution in [0.1, 0.15) is 25.7 Å².